The van der Waals surface area contributed by atoms with Crippen molar-refractivity contribution in [2.45, 2.75) is 12.5 Å². The summed E-state index contributed by atoms with van der Waals surface area (Å²) in [6.45, 7) is 0. The standard InChI is InChI=1S/C16H16F3NO/c1-20-15(7-10-4-3-5-12(6-10)21-2)16-13(18)8-11(17)9-14(16)19/h3-6,8-9,15,20H,7H2,1-2H3. The Hall–Kier alpha value is -2.01. The third-order valence-corrected chi connectivity index (χ3v) is 3.31. The summed E-state index contributed by atoms with van der Waals surface area (Å²) in [6, 6.07) is 8.01. The summed E-state index contributed by atoms with van der Waals surface area (Å²) in [4.78, 5) is 0. The maximum Gasteiger partial charge on any atom is 0.133 e. The van der Waals surface area contributed by atoms with E-state index < -0.39 is 23.5 Å². The minimum Gasteiger partial charge on any atom is -0.497 e. The molecule has 0 aliphatic heterocycles. The van der Waals surface area contributed by atoms with E-state index in [0.29, 0.717) is 24.3 Å². The highest BCUT2D eigenvalue weighted by Crippen LogP contribution is 2.26. The van der Waals surface area contributed by atoms with Gasteiger partial charge in [0.1, 0.15) is 23.2 Å². The van der Waals surface area contributed by atoms with E-state index in [2.05, 4.69) is 5.32 Å². The van der Waals surface area contributed by atoms with Crippen molar-refractivity contribution >= 4 is 0 Å². The number of ether oxygens (including phenoxy) is 1. The molecule has 0 aliphatic rings. The number of nitrogens with one attached hydrogen (secondary N) is 1. The molecule has 5 heteroatoms. The summed E-state index contributed by atoms with van der Waals surface area (Å²) in [7, 11) is 3.15. The number of methoxy groups -OCH3 is 1. The second-order valence-corrected chi connectivity index (χ2v) is 4.68. The zero-order chi connectivity index (χ0) is 15.4. The molecule has 0 spiro atoms. The first-order chi connectivity index (χ1) is 10.0. The summed E-state index contributed by atoms with van der Waals surface area (Å²) in [5.41, 5.74) is 0.693. The predicted molar refractivity (Wildman–Crippen MR) is 74.8 cm³/mol. The molecule has 0 aromatic heterocycles. The Balaban J connectivity index is 2.32. The summed E-state index contributed by atoms with van der Waals surface area (Å²) < 4.78 is 45.8. The number of rotatable bonds is 5. The van der Waals surface area contributed by atoms with Crippen molar-refractivity contribution in [3.05, 3.63) is 65.0 Å². The summed E-state index contributed by atoms with van der Waals surface area (Å²) in [5, 5.41) is 2.86. The van der Waals surface area contributed by atoms with Gasteiger partial charge in [-0.05, 0) is 31.2 Å². The molecule has 0 aliphatic carbocycles. The Morgan fingerprint density at radius 3 is 2.33 bits per heavy atom. The van der Waals surface area contributed by atoms with Crippen LogP contribution in [0.3, 0.4) is 0 Å². The Morgan fingerprint density at radius 2 is 1.76 bits per heavy atom. The van der Waals surface area contributed by atoms with Crippen molar-refractivity contribution in [1.29, 1.82) is 0 Å². The quantitative estimate of drug-likeness (QED) is 0.909. The fourth-order valence-electron chi connectivity index (χ4n) is 2.27. The van der Waals surface area contributed by atoms with Crippen molar-refractivity contribution in [3.8, 4) is 5.75 Å². The Morgan fingerprint density at radius 1 is 1.10 bits per heavy atom. The zero-order valence-corrected chi connectivity index (χ0v) is 11.8. The molecule has 2 aromatic rings. The molecular formula is C16H16F3NO. The van der Waals surface area contributed by atoms with Crippen LogP contribution in [0, 0.1) is 17.5 Å². The monoisotopic (exact) mass is 295 g/mol. The zero-order valence-electron chi connectivity index (χ0n) is 11.8. The predicted octanol–water partition coefficient (Wildman–Crippen LogP) is 3.62. The number of likely N-dealkylation sites (N-methyl/N-ethyl adjacent to an activating group) is 1. The molecule has 0 saturated heterocycles. The van der Waals surface area contributed by atoms with Gasteiger partial charge in [-0.2, -0.15) is 0 Å². The summed E-state index contributed by atoms with van der Waals surface area (Å²) in [6.07, 6.45) is 0.354. The number of hydrogen-bond acceptors (Lipinski definition) is 2. The molecule has 21 heavy (non-hydrogen) atoms. The maximum absolute atomic E-state index is 13.9. The SMILES string of the molecule is CNC(Cc1cccc(OC)c1)c1c(F)cc(F)cc1F. The minimum atomic E-state index is -0.926. The van der Waals surface area contributed by atoms with Crippen molar-refractivity contribution in [1.82, 2.24) is 5.32 Å². The fraction of sp³-hybridized carbons (Fsp3) is 0.250. The van der Waals surface area contributed by atoms with Gasteiger partial charge >= 0.3 is 0 Å². The van der Waals surface area contributed by atoms with Crippen LogP contribution in [0.15, 0.2) is 36.4 Å². The lowest BCUT2D eigenvalue weighted by Gasteiger charge is -2.18. The Kier molecular flexibility index (Phi) is 4.85. The van der Waals surface area contributed by atoms with E-state index in [1.165, 1.54) is 0 Å². The highest BCUT2D eigenvalue weighted by atomic mass is 19.1. The lowest BCUT2D eigenvalue weighted by atomic mass is 9.97. The molecule has 1 N–H and O–H groups in total. The highest BCUT2D eigenvalue weighted by molar-refractivity contribution is 5.31. The van der Waals surface area contributed by atoms with Gasteiger partial charge in [0.15, 0.2) is 0 Å². The largest absolute Gasteiger partial charge is 0.497 e. The maximum atomic E-state index is 13.9. The molecule has 1 atom stereocenters. The molecule has 0 amide bonds. The van der Waals surface area contributed by atoms with Gasteiger partial charge in [0, 0.05) is 23.7 Å². The normalized spacial score (nSPS) is 12.2. The minimum absolute atomic E-state index is 0.165. The van der Waals surface area contributed by atoms with Crippen molar-refractivity contribution in [3.63, 3.8) is 0 Å². The van der Waals surface area contributed by atoms with E-state index in [1.807, 2.05) is 6.07 Å². The molecular weight excluding hydrogens is 279 g/mol. The summed E-state index contributed by atoms with van der Waals surface area (Å²) >= 11 is 0. The first kappa shape index (κ1) is 15.4. The first-order valence-electron chi connectivity index (χ1n) is 6.49. The van der Waals surface area contributed by atoms with Gasteiger partial charge in [-0.15, -0.1) is 0 Å². The third kappa shape index (κ3) is 3.55. The molecule has 2 aromatic carbocycles. The topological polar surface area (TPSA) is 21.3 Å². The molecule has 0 radical (unpaired) electrons. The van der Waals surface area contributed by atoms with Crippen LogP contribution in [0.4, 0.5) is 13.2 Å². The van der Waals surface area contributed by atoms with E-state index in [9.17, 15) is 13.2 Å². The third-order valence-electron chi connectivity index (χ3n) is 3.31. The fourth-order valence-corrected chi connectivity index (χ4v) is 2.27. The smallest absolute Gasteiger partial charge is 0.133 e. The Bertz CT molecular complexity index is 608. The van der Waals surface area contributed by atoms with Crippen LogP contribution < -0.4 is 10.1 Å². The molecule has 0 fully saturated rings. The van der Waals surface area contributed by atoms with Crippen LogP contribution in [-0.2, 0) is 6.42 Å². The molecule has 0 bridgehead atoms. The molecule has 2 nitrogen and oxygen atoms in total. The molecule has 0 heterocycles. The van der Waals surface area contributed by atoms with Crippen LogP contribution >= 0.6 is 0 Å². The first-order valence-corrected chi connectivity index (χ1v) is 6.49. The van der Waals surface area contributed by atoms with E-state index >= 15 is 0 Å². The van der Waals surface area contributed by atoms with Crippen LogP contribution in [0.25, 0.3) is 0 Å². The van der Waals surface area contributed by atoms with Crippen LogP contribution in [-0.4, -0.2) is 14.2 Å². The van der Waals surface area contributed by atoms with E-state index in [0.717, 1.165) is 5.56 Å². The van der Waals surface area contributed by atoms with Crippen molar-refractivity contribution in [2.75, 3.05) is 14.2 Å². The Labute approximate surface area is 121 Å². The van der Waals surface area contributed by atoms with Crippen LogP contribution in [0.5, 0.6) is 5.75 Å². The number of halogens is 3. The lowest BCUT2D eigenvalue weighted by Crippen LogP contribution is -2.21. The summed E-state index contributed by atoms with van der Waals surface area (Å²) in [5.74, 6) is -2.04. The van der Waals surface area contributed by atoms with Crippen LogP contribution in [0.2, 0.25) is 0 Å². The molecule has 2 rings (SSSR count). The van der Waals surface area contributed by atoms with Crippen molar-refractivity contribution in [2.24, 2.45) is 0 Å². The van der Waals surface area contributed by atoms with Gasteiger partial charge < -0.3 is 10.1 Å². The lowest BCUT2D eigenvalue weighted by molar-refractivity contribution is 0.413. The molecule has 0 saturated carbocycles. The van der Waals surface area contributed by atoms with Gasteiger partial charge in [0.05, 0.1) is 7.11 Å². The van der Waals surface area contributed by atoms with Gasteiger partial charge in [-0.3, -0.25) is 0 Å². The van der Waals surface area contributed by atoms with Gasteiger partial charge in [-0.1, -0.05) is 12.1 Å². The second-order valence-electron chi connectivity index (χ2n) is 4.68. The van der Waals surface area contributed by atoms with E-state index in [-0.39, 0.29) is 5.56 Å². The number of benzene rings is 2. The van der Waals surface area contributed by atoms with Gasteiger partial charge in [0.25, 0.3) is 0 Å². The number of hydrogen-bond donors (Lipinski definition) is 1. The molecule has 1 unspecified atom stereocenters. The van der Waals surface area contributed by atoms with Gasteiger partial charge in [0.2, 0.25) is 0 Å². The average molecular weight is 295 g/mol. The van der Waals surface area contributed by atoms with E-state index in [1.54, 1.807) is 32.4 Å². The molecule has 112 valence electrons. The van der Waals surface area contributed by atoms with E-state index in [4.69, 9.17) is 4.74 Å². The van der Waals surface area contributed by atoms with Gasteiger partial charge in [-0.25, -0.2) is 13.2 Å². The van der Waals surface area contributed by atoms with Crippen LogP contribution in [0.1, 0.15) is 17.2 Å². The second kappa shape index (κ2) is 6.63. The average Bonchev–Trinajstić information content (AvgIpc) is 2.45. The van der Waals surface area contributed by atoms with Crippen molar-refractivity contribution < 1.29 is 17.9 Å². The highest BCUT2D eigenvalue weighted by Gasteiger charge is 2.20.